The molecule has 18 heavy (non-hydrogen) atoms. The minimum absolute atomic E-state index is 0.113. The Labute approximate surface area is 109 Å². The quantitative estimate of drug-likeness (QED) is 0.899. The maximum absolute atomic E-state index is 11.4. The van der Waals surface area contributed by atoms with E-state index in [1.807, 2.05) is 31.2 Å². The zero-order chi connectivity index (χ0) is 13.6. The monoisotopic (exact) mass is 268 g/mol. The molecule has 1 aliphatic rings. The van der Waals surface area contributed by atoms with Crippen LogP contribution >= 0.6 is 0 Å². The van der Waals surface area contributed by atoms with Gasteiger partial charge >= 0.3 is 0 Å². The molecule has 0 radical (unpaired) electrons. The van der Waals surface area contributed by atoms with Gasteiger partial charge in [-0.05, 0) is 37.5 Å². The highest BCUT2D eigenvalue weighted by molar-refractivity contribution is 7.92. The predicted octanol–water partition coefficient (Wildman–Crippen LogP) is 1.46. The van der Waals surface area contributed by atoms with Gasteiger partial charge in [0.1, 0.15) is 0 Å². The summed E-state index contributed by atoms with van der Waals surface area (Å²) < 4.78 is 24.2. The van der Waals surface area contributed by atoms with Crippen LogP contribution in [0.5, 0.6) is 0 Å². The summed E-state index contributed by atoms with van der Waals surface area (Å²) in [5.74, 6) is 0. The number of nitrogens with zero attached hydrogens (tertiary/aromatic N) is 1. The second-order valence-electron chi connectivity index (χ2n) is 5.22. The Morgan fingerprint density at radius 3 is 2.11 bits per heavy atom. The van der Waals surface area contributed by atoms with Crippen molar-refractivity contribution in [2.75, 3.05) is 17.6 Å². The molecule has 1 saturated carbocycles. The summed E-state index contributed by atoms with van der Waals surface area (Å²) in [6.07, 6.45) is 3.43. The van der Waals surface area contributed by atoms with Crippen LogP contribution in [0, 0.1) is 0 Å². The minimum atomic E-state index is -3.20. The predicted molar refractivity (Wildman–Crippen MR) is 74.3 cm³/mol. The fourth-order valence-electron chi connectivity index (χ4n) is 2.34. The number of hydrogen-bond acceptors (Lipinski definition) is 3. The molecule has 5 heteroatoms. The van der Waals surface area contributed by atoms with E-state index in [4.69, 9.17) is 5.73 Å². The Kier molecular flexibility index (Phi) is 3.15. The molecule has 1 aromatic rings. The number of benzene rings is 1. The fourth-order valence-corrected chi connectivity index (χ4v) is 2.84. The molecule has 0 bridgehead atoms. The molecule has 100 valence electrons. The van der Waals surface area contributed by atoms with Crippen molar-refractivity contribution in [3.8, 4) is 0 Å². The lowest BCUT2D eigenvalue weighted by Crippen LogP contribution is -2.31. The van der Waals surface area contributed by atoms with Gasteiger partial charge in [-0.3, -0.25) is 4.31 Å². The lowest BCUT2D eigenvalue weighted by molar-refractivity contribution is 0.556. The van der Waals surface area contributed by atoms with Crippen LogP contribution < -0.4 is 10.0 Å². The SMILES string of the molecule is CC(N)C1(c2ccc(N(C)S(C)(=O)=O)cc2)CC1. The standard InChI is InChI=1S/C13H20N2O2S/c1-10(14)13(8-9-13)11-4-6-12(7-5-11)15(2)18(3,16)17/h4-7,10H,8-9,14H2,1-3H3. The Balaban J connectivity index is 2.27. The van der Waals surface area contributed by atoms with Crippen molar-refractivity contribution >= 4 is 15.7 Å². The second-order valence-corrected chi connectivity index (χ2v) is 7.24. The summed E-state index contributed by atoms with van der Waals surface area (Å²) in [5.41, 5.74) is 8.03. The summed E-state index contributed by atoms with van der Waals surface area (Å²) in [6.45, 7) is 2.03. The molecule has 0 amide bonds. The minimum Gasteiger partial charge on any atom is -0.327 e. The van der Waals surface area contributed by atoms with E-state index in [-0.39, 0.29) is 11.5 Å². The van der Waals surface area contributed by atoms with Gasteiger partial charge in [0.25, 0.3) is 0 Å². The highest BCUT2D eigenvalue weighted by atomic mass is 32.2. The third kappa shape index (κ3) is 2.24. The van der Waals surface area contributed by atoms with Crippen LogP contribution in [0.25, 0.3) is 0 Å². The van der Waals surface area contributed by atoms with E-state index in [1.165, 1.54) is 16.1 Å². The highest BCUT2D eigenvalue weighted by Crippen LogP contribution is 2.50. The van der Waals surface area contributed by atoms with Crippen LogP contribution in [-0.4, -0.2) is 27.8 Å². The molecule has 4 nitrogen and oxygen atoms in total. The van der Waals surface area contributed by atoms with Crippen molar-refractivity contribution in [2.24, 2.45) is 5.73 Å². The molecule has 0 saturated heterocycles. The first-order valence-corrected chi connectivity index (χ1v) is 7.92. The van der Waals surface area contributed by atoms with E-state index < -0.39 is 10.0 Å². The van der Waals surface area contributed by atoms with Gasteiger partial charge in [-0.2, -0.15) is 0 Å². The molecule has 0 spiro atoms. The van der Waals surface area contributed by atoms with Crippen molar-refractivity contribution < 1.29 is 8.42 Å². The molecule has 0 aliphatic heterocycles. The average Bonchev–Trinajstić information content (AvgIpc) is 3.08. The summed E-state index contributed by atoms with van der Waals surface area (Å²) in [4.78, 5) is 0. The maximum atomic E-state index is 11.4. The maximum Gasteiger partial charge on any atom is 0.231 e. The first-order chi connectivity index (χ1) is 8.27. The summed E-state index contributed by atoms with van der Waals surface area (Å²) in [7, 11) is -1.64. The number of hydrogen-bond donors (Lipinski definition) is 1. The average molecular weight is 268 g/mol. The lowest BCUT2D eigenvalue weighted by atomic mass is 9.89. The zero-order valence-electron chi connectivity index (χ0n) is 11.1. The van der Waals surface area contributed by atoms with Crippen LogP contribution in [0.15, 0.2) is 24.3 Å². The largest absolute Gasteiger partial charge is 0.327 e. The van der Waals surface area contributed by atoms with E-state index in [9.17, 15) is 8.42 Å². The van der Waals surface area contributed by atoms with Crippen LogP contribution in [0.3, 0.4) is 0 Å². The van der Waals surface area contributed by atoms with Gasteiger partial charge in [-0.15, -0.1) is 0 Å². The summed E-state index contributed by atoms with van der Waals surface area (Å²) >= 11 is 0. The molecular weight excluding hydrogens is 248 g/mol. The zero-order valence-corrected chi connectivity index (χ0v) is 11.9. The molecule has 0 heterocycles. The Bertz CT molecular complexity index is 531. The third-order valence-electron chi connectivity index (χ3n) is 3.96. The molecule has 1 fully saturated rings. The van der Waals surface area contributed by atoms with Gasteiger partial charge in [0, 0.05) is 18.5 Å². The number of rotatable bonds is 4. The summed E-state index contributed by atoms with van der Waals surface area (Å²) in [5, 5.41) is 0. The van der Waals surface area contributed by atoms with E-state index in [0.29, 0.717) is 5.69 Å². The van der Waals surface area contributed by atoms with Crippen LogP contribution in [0.4, 0.5) is 5.69 Å². The van der Waals surface area contributed by atoms with Gasteiger partial charge in [0.05, 0.1) is 11.9 Å². The van der Waals surface area contributed by atoms with Gasteiger partial charge in [0.2, 0.25) is 10.0 Å². The number of anilines is 1. The topological polar surface area (TPSA) is 63.4 Å². The van der Waals surface area contributed by atoms with Crippen molar-refractivity contribution in [3.05, 3.63) is 29.8 Å². The molecule has 0 aromatic heterocycles. The van der Waals surface area contributed by atoms with Gasteiger partial charge in [0.15, 0.2) is 0 Å². The molecule has 2 rings (SSSR count). The van der Waals surface area contributed by atoms with Crippen molar-refractivity contribution in [1.82, 2.24) is 0 Å². The Morgan fingerprint density at radius 2 is 1.78 bits per heavy atom. The second kappa shape index (κ2) is 4.24. The van der Waals surface area contributed by atoms with Crippen molar-refractivity contribution in [2.45, 2.75) is 31.2 Å². The lowest BCUT2D eigenvalue weighted by Gasteiger charge is -2.22. The van der Waals surface area contributed by atoms with E-state index >= 15 is 0 Å². The van der Waals surface area contributed by atoms with E-state index in [2.05, 4.69) is 0 Å². The first kappa shape index (κ1) is 13.4. The van der Waals surface area contributed by atoms with E-state index in [0.717, 1.165) is 12.8 Å². The number of nitrogens with two attached hydrogens (primary N) is 1. The van der Waals surface area contributed by atoms with Crippen molar-refractivity contribution in [3.63, 3.8) is 0 Å². The highest BCUT2D eigenvalue weighted by Gasteiger charge is 2.47. The summed E-state index contributed by atoms with van der Waals surface area (Å²) in [6, 6.07) is 7.81. The van der Waals surface area contributed by atoms with E-state index in [1.54, 1.807) is 7.05 Å². The van der Waals surface area contributed by atoms with Gasteiger partial charge < -0.3 is 5.73 Å². The molecule has 1 aliphatic carbocycles. The third-order valence-corrected chi connectivity index (χ3v) is 5.17. The molecule has 2 N–H and O–H groups in total. The Hall–Kier alpha value is -1.07. The van der Waals surface area contributed by atoms with Crippen LogP contribution in [-0.2, 0) is 15.4 Å². The number of sulfonamides is 1. The Morgan fingerprint density at radius 1 is 1.28 bits per heavy atom. The van der Waals surface area contributed by atoms with Crippen LogP contribution in [0.1, 0.15) is 25.3 Å². The molecule has 1 atom stereocenters. The van der Waals surface area contributed by atoms with Crippen molar-refractivity contribution in [1.29, 1.82) is 0 Å². The normalized spacial score (nSPS) is 19.3. The van der Waals surface area contributed by atoms with Crippen LogP contribution in [0.2, 0.25) is 0 Å². The first-order valence-electron chi connectivity index (χ1n) is 6.07. The molecule has 1 aromatic carbocycles. The smallest absolute Gasteiger partial charge is 0.231 e. The van der Waals surface area contributed by atoms with Gasteiger partial charge in [-0.1, -0.05) is 12.1 Å². The van der Waals surface area contributed by atoms with Gasteiger partial charge in [-0.25, -0.2) is 8.42 Å². The molecular formula is C13H20N2O2S. The fraction of sp³-hybridized carbons (Fsp3) is 0.538. The molecule has 1 unspecified atom stereocenters.